The molecule has 0 N–H and O–H groups in total. The van der Waals surface area contributed by atoms with E-state index in [2.05, 4.69) is 214 Å². The number of rotatable bonds is 6. The van der Waals surface area contributed by atoms with Crippen molar-refractivity contribution < 1.29 is 0 Å². The molecule has 1 aliphatic carbocycles. The molecule has 0 radical (unpaired) electrons. The molecule has 0 saturated heterocycles. The van der Waals surface area contributed by atoms with Gasteiger partial charge in [-0.25, -0.2) is 9.97 Å². The van der Waals surface area contributed by atoms with Crippen LogP contribution in [-0.2, 0) is 5.41 Å². The largest absolute Gasteiger partial charge is 0.228 e. The first-order chi connectivity index (χ1) is 29.0. The van der Waals surface area contributed by atoms with Crippen LogP contribution in [0.5, 0.6) is 0 Å². The Labute approximate surface area is 345 Å². The van der Waals surface area contributed by atoms with Gasteiger partial charge in [0.1, 0.15) is 0 Å². The molecule has 2 heteroatoms. The minimum absolute atomic E-state index is 0.194. The highest BCUT2D eigenvalue weighted by Gasteiger charge is 2.39. The lowest BCUT2D eigenvalue weighted by Gasteiger charge is -2.26. The number of hydrogen-bond donors (Lipinski definition) is 0. The Hall–Kier alpha value is -7.42. The highest BCUT2D eigenvalue weighted by atomic mass is 14.9. The summed E-state index contributed by atoms with van der Waals surface area (Å²) in [4.78, 5) is 10.6. The molecule has 0 bridgehead atoms. The molecule has 0 atom stereocenters. The Kier molecular flexibility index (Phi) is 8.20. The summed E-state index contributed by atoms with van der Waals surface area (Å²) in [6, 6.07) is 74.2. The molecule has 1 aliphatic rings. The van der Waals surface area contributed by atoms with Crippen LogP contribution in [0.15, 0.2) is 206 Å². The van der Waals surface area contributed by atoms with E-state index < -0.39 is 0 Å². The van der Waals surface area contributed by atoms with Crippen LogP contribution in [0.3, 0.4) is 0 Å². The Balaban J connectivity index is 1.11. The minimum Gasteiger partial charge on any atom is -0.228 e. The standard InChI is InChI=1S/C57H40N2/c1-57(2)54-44-24-13-12-21-39(44)29-30-51(54)50-28-16-27-49(55(50)57)47-31-32-48(46-26-15-14-25-45(46)47)53-36-52(58-56(59-53)40-22-10-5-11-23-40)43-34-41(37-17-6-3-7-18-37)33-42(35-43)38-19-8-4-9-20-38/h3-36H,1-2H3. The second-order valence-corrected chi connectivity index (χ2v) is 16.1. The van der Waals surface area contributed by atoms with E-state index in [0.29, 0.717) is 5.82 Å². The Morgan fingerprint density at radius 3 is 1.44 bits per heavy atom. The first-order valence-corrected chi connectivity index (χ1v) is 20.4. The van der Waals surface area contributed by atoms with Crippen molar-refractivity contribution in [2.75, 3.05) is 0 Å². The maximum atomic E-state index is 5.34. The van der Waals surface area contributed by atoms with Crippen LogP contribution in [0.25, 0.3) is 100.0 Å². The van der Waals surface area contributed by atoms with Gasteiger partial charge in [0.2, 0.25) is 0 Å². The third-order valence-electron chi connectivity index (χ3n) is 12.2. The van der Waals surface area contributed by atoms with Crippen molar-refractivity contribution >= 4 is 21.5 Å². The van der Waals surface area contributed by atoms with Gasteiger partial charge < -0.3 is 0 Å². The molecule has 0 amide bonds. The fourth-order valence-corrected chi connectivity index (χ4v) is 9.55. The van der Waals surface area contributed by atoms with Crippen molar-refractivity contribution in [1.82, 2.24) is 9.97 Å². The number of fused-ring (bicyclic) bond motifs is 6. The van der Waals surface area contributed by atoms with E-state index in [1.165, 1.54) is 49.5 Å². The molecule has 0 unspecified atom stereocenters. The van der Waals surface area contributed by atoms with E-state index in [1.54, 1.807) is 0 Å². The van der Waals surface area contributed by atoms with Crippen LogP contribution in [0.2, 0.25) is 0 Å². The van der Waals surface area contributed by atoms with Gasteiger partial charge in [-0.2, -0.15) is 0 Å². The average Bonchev–Trinajstić information content (AvgIpc) is 3.55. The van der Waals surface area contributed by atoms with Gasteiger partial charge in [-0.3, -0.25) is 0 Å². The summed E-state index contributed by atoms with van der Waals surface area (Å²) in [5, 5.41) is 4.98. The first kappa shape index (κ1) is 34.8. The van der Waals surface area contributed by atoms with E-state index in [-0.39, 0.29) is 5.41 Å². The Morgan fingerprint density at radius 2 is 0.780 bits per heavy atom. The zero-order chi connectivity index (χ0) is 39.5. The van der Waals surface area contributed by atoms with E-state index in [4.69, 9.17) is 9.97 Å². The van der Waals surface area contributed by atoms with Crippen molar-refractivity contribution in [3.63, 3.8) is 0 Å². The predicted molar refractivity (Wildman–Crippen MR) is 247 cm³/mol. The summed E-state index contributed by atoms with van der Waals surface area (Å²) < 4.78 is 0. The van der Waals surface area contributed by atoms with Crippen molar-refractivity contribution in [1.29, 1.82) is 0 Å². The van der Waals surface area contributed by atoms with Gasteiger partial charge in [0.25, 0.3) is 0 Å². The normalized spacial score (nSPS) is 12.7. The molecule has 0 fully saturated rings. The van der Waals surface area contributed by atoms with Crippen molar-refractivity contribution in [2.45, 2.75) is 19.3 Å². The predicted octanol–water partition coefficient (Wildman–Crippen LogP) is 15.1. The quantitative estimate of drug-likeness (QED) is 0.169. The summed E-state index contributed by atoms with van der Waals surface area (Å²) >= 11 is 0. The summed E-state index contributed by atoms with van der Waals surface area (Å²) in [7, 11) is 0. The number of benzene rings is 9. The molecule has 1 heterocycles. The second-order valence-electron chi connectivity index (χ2n) is 16.1. The molecule has 9 aromatic carbocycles. The third kappa shape index (κ3) is 5.87. The van der Waals surface area contributed by atoms with Gasteiger partial charge in [0, 0.05) is 22.1 Å². The third-order valence-corrected chi connectivity index (χ3v) is 12.2. The van der Waals surface area contributed by atoms with Crippen molar-refractivity contribution in [2.24, 2.45) is 0 Å². The number of aromatic nitrogens is 2. The van der Waals surface area contributed by atoms with Gasteiger partial charge in [0.15, 0.2) is 5.82 Å². The van der Waals surface area contributed by atoms with Gasteiger partial charge in [-0.1, -0.05) is 196 Å². The highest BCUT2D eigenvalue weighted by Crippen LogP contribution is 2.55. The topological polar surface area (TPSA) is 25.8 Å². The van der Waals surface area contributed by atoms with Crippen LogP contribution < -0.4 is 0 Å². The van der Waals surface area contributed by atoms with Crippen LogP contribution in [0.4, 0.5) is 0 Å². The molecule has 278 valence electrons. The zero-order valence-electron chi connectivity index (χ0n) is 33.0. The lowest BCUT2D eigenvalue weighted by atomic mass is 9.77. The first-order valence-electron chi connectivity index (χ1n) is 20.4. The molecule has 2 nitrogen and oxygen atoms in total. The number of nitrogens with zero attached hydrogens (tertiary/aromatic N) is 2. The lowest BCUT2D eigenvalue weighted by Crippen LogP contribution is -2.17. The van der Waals surface area contributed by atoms with Crippen LogP contribution in [0, 0.1) is 0 Å². The summed E-state index contributed by atoms with van der Waals surface area (Å²) in [6.45, 7) is 4.79. The fraction of sp³-hybridized carbons (Fsp3) is 0.0526. The molecule has 0 saturated carbocycles. The molecule has 1 aromatic heterocycles. The molecule has 11 rings (SSSR count). The molecular formula is C57H40N2. The fourth-order valence-electron chi connectivity index (χ4n) is 9.55. The van der Waals surface area contributed by atoms with Gasteiger partial charge in [-0.15, -0.1) is 0 Å². The minimum atomic E-state index is -0.194. The Bertz CT molecular complexity index is 3160. The molecule has 0 aliphatic heterocycles. The van der Waals surface area contributed by atoms with E-state index in [1.807, 2.05) is 6.07 Å². The second kappa shape index (κ2) is 13.9. The average molecular weight is 753 g/mol. The summed E-state index contributed by atoms with van der Waals surface area (Å²) in [5.41, 5.74) is 17.2. The monoisotopic (exact) mass is 752 g/mol. The maximum absolute atomic E-state index is 5.34. The molecule has 10 aromatic rings. The van der Waals surface area contributed by atoms with Crippen LogP contribution in [0.1, 0.15) is 25.0 Å². The van der Waals surface area contributed by atoms with Gasteiger partial charge in [0.05, 0.1) is 11.4 Å². The van der Waals surface area contributed by atoms with E-state index in [0.717, 1.165) is 55.7 Å². The number of hydrogen-bond acceptors (Lipinski definition) is 2. The molecular weight excluding hydrogens is 713 g/mol. The highest BCUT2D eigenvalue weighted by molar-refractivity contribution is 6.07. The molecule has 0 spiro atoms. The smallest absolute Gasteiger partial charge is 0.160 e. The summed E-state index contributed by atoms with van der Waals surface area (Å²) in [6.07, 6.45) is 0. The van der Waals surface area contributed by atoms with E-state index in [9.17, 15) is 0 Å². The van der Waals surface area contributed by atoms with E-state index >= 15 is 0 Å². The summed E-state index contributed by atoms with van der Waals surface area (Å²) in [5.74, 6) is 0.699. The Morgan fingerprint density at radius 1 is 0.305 bits per heavy atom. The SMILES string of the molecule is CC1(C)c2c(cccc2-c2ccc(-c3cc(-c4cc(-c5ccccc5)cc(-c5ccccc5)c4)nc(-c4ccccc4)n3)c3ccccc23)-c2ccc3ccccc3c21. The lowest BCUT2D eigenvalue weighted by molar-refractivity contribution is 0.668. The maximum Gasteiger partial charge on any atom is 0.160 e. The van der Waals surface area contributed by atoms with Gasteiger partial charge >= 0.3 is 0 Å². The molecule has 59 heavy (non-hydrogen) atoms. The van der Waals surface area contributed by atoms with Crippen molar-refractivity contribution in [3.05, 3.63) is 217 Å². The van der Waals surface area contributed by atoms with Crippen LogP contribution in [-0.4, -0.2) is 9.97 Å². The van der Waals surface area contributed by atoms with Gasteiger partial charge in [-0.05, 0) is 101 Å². The van der Waals surface area contributed by atoms with Crippen LogP contribution >= 0.6 is 0 Å². The van der Waals surface area contributed by atoms with Crippen molar-refractivity contribution in [3.8, 4) is 78.4 Å². The zero-order valence-corrected chi connectivity index (χ0v) is 33.0.